The quantitative estimate of drug-likeness (QED) is 0.642. The zero-order valence-electron chi connectivity index (χ0n) is 17.9. The number of amides is 2. The van der Waals surface area contributed by atoms with Gasteiger partial charge in [-0.15, -0.1) is 22.9 Å². The summed E-state index contributed by atoms with van der Waals surface area (Å²) in [5.74, 6) is 0.855. The van der Waals surface area contributed by atoms with Crippen molar-refractivity contribution < 1.29 is 14.3 Å². The van der Waals surface area contributed by atoms with Gasteiger partial charge < -0.3 is 14.5 Å². The smallest absolute Gasteiger partial charge is 0.237 e. The number of thiophene rings is 1. The maximum atomic E-state index is 13.2. The number of halogens is 1. The minimum absolute atomic E-state index is 0.0153. The number of alkyl halides is 1. The molecule has 2 aromatic rings. The van der Waals surface area contributed by atoms with Gasteiger partial charge in [0.2, 0.25) is 11.8 Å². The molecular formula is C23H28ClN3O3S. The highest BCUT2D eigenvalue weighted by molar-refractivity contribution is 7.10. The van der Waals surface area contributed by atoms with E-state index in [9.17, 15) is 9.59 Å². The Balaban J connectivity index is 1.50. The number of carbonyl (C=O) groups excluding carboxylic acids is 2. The topological polar surface area (TPSA) is 53.1 Å². The molecule has 0 aliphatic carbocycles. The third-order valence-corrected chi connectivity index (χ3v) is 7.48. The lowest BCUT2D eigenvalue weighted by Crippen LogP contribution is -2.57. The van der Waals surface area contributed by atoms with Crippen molar-refractivity contribution in [3.05, 3.63) is 51.7 Å². The van der Waals surface area contributed by atoms with E-state index in [1.807, 2.05) is 24.0 Å². The number of nitrogens with zero attached hydrogens (tertiary/aromatic N) is 3. The normalized spacial score (nSPS) is 21.6. The minimum Gasteiger partial charge on any atom is -0.497 e. The van der Waals surface area contributed by atoms with Gasteiger partial charge in [-0.25, -0.2) is 0 Å². The van der Waals surface area contributed by atoms with Gasteiger partial charge in [-0.2, -0.15) is 0 Å². The van der Waals surface area contributed by atoms with E-state index in [4.69, 9.17) is 16.3 Å². The van der Waals surface area contributed by atoms with Crippen LogP contribution < -0.4 is 4.74 Å². The van der Waals surface area contributed by atoms with Crippen LogP contribution in [0.15, 0.2) is 35.7 Å². The van der Waals surface area contributed by atoms with Crippen LogP contribution >= 0.6 is 22.9 Å². The van der Waals surface area contributed by atoms with Gasteiger partial charge in [-0.3, -0.25) is 14.5 Å². The molecule has 8 heteroatoms. The van der Waals surface area contributed by atoms with Crippen LogP contribution in [-0.4, -0.2) is 78.3 Å². The average molecular weight is 462 g/mol. The summed E-state index contributed by atoms with van der Waals surface area (Å²) in [7, 11) is 1.67. The molecular weight excluding hydrogens is 434 g/mol. The molecule has 1 aromatic heterocycles. The molecule has 0 saturated carbocycles. The van der Waals surface area contributed by atoms with Crippen molar-refractivity contribution in [3.8, 4) is 5.75 Å². The molecule has 0 N–H and O–H groups in total. The summed E-state index contributed by atoms with van der Waals surface area (Å²) >= 11 is 7.51. The molecule has 2 aliphatic rings. The molecule has 0 spiro atoms. The Kier molecular flexibility index (Phi) is 6.84. The fourth-order valence-electron chi connectivity index (χ4n) is 4.62. The highest BCUT2D eigenvalue weighted by Gasteiger charge is 2.34. The fraction of sp³-hybridized carbons (Fsp3) is 0.478. The molecule has 31 heavy (non-hydrogen) atoms. The van der Waals surface area contributed by atoms with E-state index in [2.05, 4.69) is 28.5 Å². The molecule has 1 fully saturated rings. The fourth-order valence-corrected chi connectivity index (χ4v) is 5.68. The zero-order chi connectivity index (χ0) is 22.0. The van der Waals surface area contributed by atoms with Crippen molar-refractivity contribution in [3.63, 3.8) is 0 Å². The monoisotopic (exact) mass is 461 g/mol. The number of hydrogen-bond acceptors (Lipinski definition) is 5. The summed E-state index contributed by atoms with van der Waals surface area (Å²) < 4.78 is 5.32. The predicted molar refractivity (Wildman–Crippen MR) is 123 cm³/mol. The van der Waals surface area contributed by atoms with E-state index >= 15 is 0 Å². The number of carbonyl (C=O) groups is 2. The molecule has 3 heterocycles. The van der Waals surface area contributed by atoms with Gasteiger partial charge in [-0.1, -0.05) is 12.1 Å². The molecule has 0 radical (unpaired) electrons. The summed E-state index contributed by atoms with van der Waals surface area (Å²) in [4.78, 5) is 32.5. The van der Waals surface area contributed by atoms with Crippen molar-refractivity contribution in [2.24, 2.45) is 0 Å². The Morgan fingerprint density at radius 1 is 1.13 bits per heavy atom. The number of methoxy groups -OCH3 is 1. The molecule has 2 aliphatic heterocycles. The van der Waals surface area contributed by atoms with Gasteiger partial charge in [0.1, 0.15) is 11.6 Å². The molecule has 0 bridgehead atoms. The Bertz CT molecular complexity index is 932. The van der Waals surface area contributed by atoms with Crippen LogP contribution in [-0.2, 0) is 16.0 Å². The highest BCUT2D eigenvalue weighted by Crippen LogP contribution is 2.38. The number of benzene rings is 1. The maximum absolute atomic E-state index is 13.2. The molecule has 166 valence electrons. The average Bonchev–Trinajstić information content (AvgIpc) is 3.27. The number of ether oxygens (including phenoxy) is 1. The number of piperazine rings is 1. The molecule has 1 aromatic carbocycles. The van der Waals surface area contributed by atoms with Gasteiger partial charge in [0.25, 0.3) is 0 Å². The lowest BCUT2D eigenvalue weighted by molar-refractivity contribution is -0.142. The molecule has 2 atom stereocenters. The second-order valence-corrected chi connectivity index (χ2v) is 9.37. The number of fused-ring (bicyclic) bond motifs is 1. The van der Waals surface area contributed by atoms with Gasteiger partial charge in [-0.05, 0) is 48.1 Å². The highest BCUT2D eigenvalue weighted by atomic mass is 35.5. The first-order chi connectivity index (χ1) is 15.0. The maximum Gasteiger partial charge on any atom is 0.237 e. The Morgan fingerprint density at radius 3 is 2.58 bits per heavy atom. The van der Waals surface area contributed by atoms with E-state index in [1.54, 1.807) is 23.3 Å². The lowest BCUT2D eigenvalue weighted by Gasteiger charge is -2.41. The predicted octanol–water partition coefficient (Wildman–Crippen LogP) is 3.00. The summed E-state index contributed by atoms with van der Waals surface area (Å²) in [5, 5.41) is 2.14. The van der Waals surface area contributed by atoms with Crippen molar-refractivity contribution in [1.29, 1.82) is 0 Å². The third-order valence-electron chi connectivity index (χ3n) is 6.25. The molecule has 1 saturated heterocycles. The van der Waals surface area contributed by atoms with E-state index in [-0.39, 0.29) is 29.8 Å². The zero-order valence-corrected chi connectivity index (χ0v) is 19.5. The second kappa shape index (κ2) is 9.59. The third kappa shape index (κ3) is 4.59. The minimum atomic E-state index is -0.0677. The summed E-state index contributed by atoms with van der Waals surface area (Å²) in [6.07, 6.45) is 0.960. The van der Waals surface area contributed by atoms with Gasteiger partial charge >= 0.3 is 0 Å². The van der Waals surface area contributed by atoms with Gasteiger partial charge in [0.05, 0.1) is 19.7 Å². The SMILES string of the molecule is COc1ccc([C@@H]2c3ccsc3CCN2CC(=O)N2CCN(C(=O)CCl)[C@H](C)C2)cc1. The van der Waals surface area contributed by atoms with Crippen molar-refractivity contribution in [1.82, 2.24) is 14.7 Å². The molecule has 4 rings (SSSR count). The Morgan fingerprint density at radius 2 is 1.90 bits per heavy atom. The van der Waals surface area contributed by atoms with Crippen molar-refractivity contribution >= 4 is 34.8 Å². The first kappa shape index (κ1) is 22.1. The first-order valence-electron chi connectivity index (χ1n) is 10.6. The number of rotatable bonds is 5. The summed E-state index contributed by atoms with van der Waals surface area (Å²) in [6.45, 7) is 4.82. The van der Waals surface area contributed by atoms with E-state index in [0.717, 1.165) is 18.7 Å². The molecule has 0 unspecified atom stereocenters. The summed E-state index contributed by atoms with van der Waals surface area (Å²) in [5.41, 5.74) is 2.46. The van der Waals surface area contributed by atoms with Crippen LogP contribution in [0.25, 0.3) is 0 Å². The van der Waals surface area contributed by atoms with E-state index < -0.39 is 0 Å². The molecule has 2 amide bonds. The first-order valence-corrected chi connectivity index (χ1v) is 12.0. The second-order valence-electron chi connectivity index (χ2n) is 8.10. The van der Waals surface area contributed by atoms with Crippen LogP contribution in [0.5, 0.6) is 5.75 Å². The van der Waals surface area contributed by atoms with E-state index in [1.165, 1.54) is 16.0 Å². The number of hydrogen-bond donors (Lipinski definition) is 0. The van der Waals surface area contributed by atoms with Crippen LogP contribution in [0.2, 0.25) is 0 Å². The summed E-state index contributed by atoms with van der Waals surface area (Å²) in [6, 6.07) is 10.4. The largest absolute Gasteiger partial charge is 0.497 e. The lowest BCUT2D eigenvalue weighted by atomic mass is 9.93. The van der Waals surface area contributed by atoms with Crippen LogP contribution in [0.1, 0.15) is 29.0 Å². The standard InChI is InChI=1S/C23H28ClN3O3S/c1-16-14-25(10-11-27(16)21(28)13-24)22(29)15-26-9-7-20-19(8-12-31-20)23(26)17-3-5-18(30-2)6-4-17/h3-6,8,12,16,23H,7,9-11,13-15H2,1-2H3/t16-,23-/m1/s1. The van der Waals surface area contributed by atoms with E-state index in [0.29, 0.717) is 26.2 Å². The Hall–Kier alpha value is -2.09. The van der Waals surface area contributed by atoms with Gasteiger partial charge in [0.15, 0.2) is 0 Å². The van der Waals surface area contributed by atoms with Gasteiger partial charge in [0, 0.05) is 37.1 Å². The van der Waals surface area contributed by atoms with Crippen molar-refractivity contribution in [2.45, 2.75) is 25.4 Å². The van der Waals surface area contributed by atoms with Crippen LogP contribution in [0, 0.1) is 0 Å². The van der Waals surface area contributed by atoms with Crippen molar-refractivity contribution in [2.75, 3.05) is 45.7 Å². The molecule has 6 nitrogen and oxygen atoms in total. The van der Waals surface area contributed by atoms with Crippen LogP contribution in [0.3, 0.4) is 0 Å². The Labute approximate surface area is 192 Å². The van der Waals surface area contributed by atoms with Crippen LogP contribution in [0.4, 0.5) is 0 Å².